The number of para-hydroxylation sites is 3. The van der Waals surface area contributed by atoms with Gasteiger partial charge in [-0.15, -0.1) is 11.3 Å². The number of rotatable bonds is 4. The topological polar surface area (TPSA) is 61.7 Å². The van der Waals surface area contributed by atoms with Gasteiger partial charge in [0.1, 0.15) is 11.2 Å². The Morgan fingerprint density at radius 2 is 0.924 bits per heavy atom. The van der Waals surface area contributed by atoms with Gasteiger partial charge in [0.2, 0.25) is 5.95 Å². The van der Waals surface area contributed by atoms with E-state index in [-0.39, 0.29) is 0 Å². The van der Waals surface area contributed by atoms with Crippen molar-refractivity contribution in [3.8, 4) is 34.4 Å². The van der Waals surface area contributed by atoms with Crippen LogP contribution in [-0.2, 0) is 0 Å². The van der Waals surface area contributed by atoms with Gasteiger partial charge in [0, 0.05) is 52.7 Å². The van der Waals surface area contributed by atoms with E-state index >= 15 is 0 Å². The Balaban J connectivity index is 1.05. The lowest BCUT2D eigenvalue weighted by Gasteiger charge is -2.14. The van der Waals surface area contributed by atoms with Crippen molar-refractivity contribution in [2.24, 2.45) is 0 Å². The molecule has 5 heterocycles. The van der Waals surface area contributed by atoms with E-state index in [1.54, 1.807) is 11.3 Å². The predicted molar refractivity (Wildman–Crippen MR) is 275 cm³/mol. The van der Waals surface area contributed by atoms with E-state index in [9.17, 15) is 0 Å². The molecule has 10 aromatic carbocycles. The van der Waals surface area contributed by atoms with Crippen molar-refractivity contribution >= 4 is 119 Å². The molecule has 7 heteroatoms. The maximum atomic E-state index is 7.05. The predicted octanol–water partition coefficient (Wildman–Crippen LogP) is 16.0. The maximum Gasteiger partial charge on any atom is 0.238 e. The minimum atomic E-state index is 0.532. The molecule has 0 aliphatic carbocycles. The summed E-state index contributed by atoms with van der Waals surface area (Å²) in [7, 11) is 0. The summed E-state index contributed by atoms with van der Waals surface area (Å²) >= 11 is 1.77. The zero-order valence-corrected chi connectivity index (χ0v) is 35.9. The van der Waals surface area contributed by atoms with Crippen LogP contribution < -0.4 is 0 Å². The molecule has 0 fully saturated rings. The Labute approximate surface area is 379 Å². The fourth-order valence-corrected chi connectivity index (χ4v) is 11.8. The Morgan fingerprint density at radius 1 is 0.379 bits per heavy atom. The van der Waals surface area contributed by atoms with Crippen LogP contribution in [-0.4, -0.2) is 24.1 Å². The SMILES string of the molecule is c1ccc2cc3c(cc2c1)c1cc2ccccc2cc1n3-c1ccc(-c2nc(-c3cccc4c3sc3ccccc34)nc(-n3c4ccccc4c4ccccc43)n2)c2oc3ccccc3c12. The Bertz CT molecular complexity index is 4400. The van der Waals surface area contributed by atoms with E-state index < -0.39 is 0 Å². The van der Waals surface area contributed by atoms with Crippen LogP contribution >= 0.6 is 11.3 Å². The molecule has 0 bridgehead atoms. The minimum Gasteiger partial charge on any atom is -0.455 e. The standard InChI is InChI=1S/C59H33N5OS/c1-3-16-36-32-50-45(30-34(36)14-1)46-31-35-15-2-4-17-37(35)33-51(46)63(50)49-29-28-43(55-54(49)42-21-7-11-26-52(42)65-55)57-60-58(44-23-13-22-41-40-20-8-12-27-53(40)66-56(41)44)62-59(61-57)64-47-24-9-5-18-38(47)39-19-6-10-25-48(39)64/h1-33H. The normalized spacial score (nSPS) is 12.2. The number of fused-ring (bicyclic) bond motifs is 14. The third-order valence-corrected chi connectivity index (χ3v) is 14.8. The van der Waals surface area contributed by atoms with Crippen molar-refractivity contribution in [2.75, 3.05) is 0 Å². The minimum absolute atomic E-state index is 0.532. The highest BCUT2D eigenvalue weighted by Gasteiger charge is 2.25. The summed E-state index contributed by atoms with van der Waals surface area (Å²) in [5.74, 6) is 1.67. The number of furan rings is 1. The third kappa shape index (κ3) is 5.03. The molecule has 0 aliphatic rings. The average molecular weight is 860 g/mol. The van der Waals surface area contributed by atoms with E-state index in [0.717, 1.165) is 76.3 Å². The number of hydrogen-bond acceptors (Lipinski definition) is 5. The highest BCUT2D eigenvalue weighted by atomic mass is 32.1. The van der Waals surface area contributed by atoms with Crippen LogP contribution in [0.1, 0.15) is 0 Å². The first-order valence-corrected chi connectivity index (χ1v) is 23.0. The van der Waals surface area contributed by atoms with Gasteiger partial charge in [-0.2, -0.15) is 9.97 Å². The van der Waals surface area contributed by atoms with Crippen molar-refractivity contribution in [3.63, 3.8) is 0 Å². The molecule has 0 radical (unpaired) electrons. The van der Waals surface area contributed by atoms with Gasteiger partial charge in [0.15, 0.2) is 11.6 Å². The third-order valence-electron chi connectivity index (χ3n) is 13.5. The summed E-state index contributed by atoms with van der Waals surface area (Å²) in [5, 5.41) is 13.9. The van der Waals surface area contributed by atoms with Crippen molar-refractivity contribution in [1.82, 2.24) is 24.1 Å². The second-order valence-corrected chi connectivity index (χ2v) is 18.2. The number of benzene rings is 10. The molecule has 0 saturated carbocycles. The molecule has 0 spiro atoms. The highest BCUT2D eigenvalue weighted by molar-refractivity contribution is 7.26. The molecule has 15 rings (SSSR count). The first-order chi connectivity index (χ1) is 32.7. The van der Waals surface area contributed by atoms with Crippen LogP contribution in [0.5, 0.6) is 0 Å². The second-order valence-electron chi connectivity index (χ2n) is 17.1. The monoisotopic (exact) mass is 859 g/mol. The average Bonchev–Trinajstić information content (AvgIpc) is 4.12. The number of nitrogens with zero attached hydrogens (tertiary/aromatic N) is 5. The van der Waals surface area contributed by atoms with Crippen LogP contribution in [0, 0.1) is 0 Å². The maximum absolute atomic E-state index is 7.05. The molecule has 0 saturated heterocycles. The fourth-order valence-electron chi connectivity index (χ4n) is 10.6. The Hall–Kier alpha value is -8.65. The van der Waals surface area contributed by atoms with Gasteiger partial charge in [0.05, 0.1) is 38.7 Å². The van der Waals surface area contributed by atoms with Crippen LogP contribution in [0.25, 0.3) is 142 Å². The first-order valence-electron chi connectivity index (χ1n) is 22.2. The lowest BCUT2D eigenvalue weighted by molar-refractivity contribution is 0.669. The summed E-state index contributed by atoms with van der Waals surface area (Å²) in [6.07, 6.45) is 0. The van der Waals surface area contributed by atoms with Crippen LogP contribution in [0.2, 0.25) is 0 Å². The smallest absolute Gasteiger partial charge is 0.238 e. The molecule has 6 nitrogen and oxygen atoms in total. The van der Waals surface area contributed by atoms with Gasteiger partial charge in [0.25, 0.3) is 0 Å². The molecular formula is C59H33N5OS. The van der Waals surface area contributed by atoms with Gasteiger partial charge in [-0.1, -0.05) is 133 Å². The van der Waals surface area contributed by atoms with Gasteiger partial charge in [-0.05, 0) is 88.3 Å². The molecule has 0 atom stereocenters. The summed E-state index contributed by atoms with van der Waals surface area (Å²) in [6.45, 7) is 0. The number of aromatic nitrogens is 5. The molecule has 0 unspecified atom stereocenters. The molecule has 0 aliphatic heterocycles. The van der Waals surface area contributed by atoms with Crippen LogP contribution in [0.4, 0.5) is 0 Å². The van der Waals surface area contributed by atoms with E-state index in [2.05, 4.69) is 203 Å². The summed E-state index contributed by atoms with van der Waals surface area (Å²) in [5.41, 5.74) is 8.60. The lowest BCUT2D eigenvalue weighted by Crippen LogP contribution is -2.06. The molecule has 0 N–H and O–H groups in total. The van der Waals surface area contributed by atoms with Gasteiger partial charge >= 0.3 is 0 Å². The van der Waals surface area contributed by atoms with E-state index in [1.165, 1.54) is 47.8 Å². The highest BCUT2D eigenvalue weighted by Crippen LogP contribution is 2.45. The van der Waals surface area contributed by atoms with Crippen LogP contribution in [0.3, 0.4) is 0 Å². The lowest BCUT2D eigenvalue weighted by atomic mass is 10.0. The van der Waals surface area contributed by atoms with Crippen molar-refractivity contribution in [3.05, 3.63) is 200 Å². The molecule has 15 aromatic rings. The quantitative estimate of drug-likeness (QED) is 0.177. The zero-order chi connectivity index (χ0) is 43.0. The van der Waals surface area contributed by atoms with E-state index in [1.807, 2.05) is 6.07 Å². The van der Waals surface area contributed by atoms with Crippen molar-refractivity contribution in [1.29, 1.82) is 0 Å². The van der Waals surface area contributed by atoms with E-state index in [0.29, 0.717) is 17.6 Å². The first kappa shape index (κ1) is 35.8. The summed E-state index contributed by atoms with van der Waals surface area (Å²) in [6, 6.07) is 71.4. The molecule has 306 valence electrons. The second kappa shape index (κ2) is 13.4. The van der Waals surface area contributed by atoms with Crippen LogP contribution in [0.15, 0.2) is 205 Å². The number of thiophene rings is 1. The van der Waals surface area contributed by atoms with Crippen molar-refractivity contribution in [2.45, 2.75) is 0 Å². The van der Waals surface area contributed by atoms with Gasteiger partial charge in [-0.3, -0.25) is 4.57 Å². The fraction of sp³-hybridized carbons (Fsp3) is 0. The van der Waals surface area contributed by atoms with E-state index in [4.69, 9.17) is 19.4 Å². The zero-order valence-electron chi connectivity index (χ0n) is 35.1. The van der Waals surface area contributed by atoms with Gasteiger partial charge in [-0.25, -0.2) is 4.98 Å². The Morgan fingerprint density at radius 3 is 1.61 bits per heavy atom. The molecule has 0 amide bonds. The number of hydrogen-bond donors (Lipinski definition) is 0. The molecular weight excluding hydrogens is 827 g/mol. The van der Waals surface area contributed by atoms with Crippen molar-refractivity contribution < 1.29 is 4.42 Å². The Kier molecular flexibility index (Phi) is 7.28. The molecule has 5 aromatic heterocycles. The summed E-state index contributed by atoms with van der Waals surface area (Å²) in [4.78, 5) is 16.3. The summed E-state index contributed by atoms with van der Waals surface area (Å²) < 4.78 is 14.0. The molecule has 66 heavy (non-hydrogen) atoms. The largest absolute Gasteiger partial charge is 0.455 e. The van der Waals surface area contributed by atoms with Gasteiger partial charge < -0.3 is 8.98 Å².